The summed E-state index contributed by atoms with van der Waals surface area (Å²) >= 11 is 12.2. The van der Waals surface area contributed by atoms with Crippen molar-refractivity contribution in [2.45, 2.75) is 39.8 Å². The van der Waals surface area contributed by atoms with Gasteiger partial charge in [0.2, 0.25) is 5.95 Å². The van der Waals surface area contributed by atoms with Gasteiger partial charge in [0.25, 0.3) is 0 Å². The zero-order chi connectivity index (χ0) is 14.9. The van der Waals surface area contributed by atoms with Gasteiger partial charge in [0.15, 0.2) is 0 Å². The Morgan fingerprint density at radius 1 is 1.20 bits per heavy atom. The van der Waals surface area contributed by atoms with Crippen molar-refractivity contribution in [1.82, 2.24) is 9.55 Å². The van der Waals surface area contributed by atoms with Gasteiger partial charge in [0, 0.05) is 22.3 Å². The lowest BCUT2D eigenvalue weighted by Crippen LogP contribution is -2.13. The van der Waals surface area contributed by atoms with E-state index in [4.69, 9.17) is 23.2 Å². The molecule has 1 aromatic heterocycles. The van der Waals surface area contributed by atoms with Crippen LogP contribution in [0.2, 0.25) is 10.0 Å². The Morgan fingerprint density at radius 3 is 2.50 bits per heavy atom. The summed E-state index contributed by atoms with van der Waals surface area (Å²) in [7, 11) is 0. The van der Waals surface area contributed by atoms with E-state index in [1.807, 2.05) is 25.3 Å². The van der Waals surface area contributed by atoms with Gasteiger partial charge in [-0.15, -0.1) is 0 Å². The van der Waals surface area contributed by atoms with Crippen LogP contribution < -0.4 is 5.32 Å². The molecule has 0 radical (unpaired) electrons. The number of hydrogen-bond donors (Lipinski definition) is 1. The predicted octanol–water partition coefficient (Wildman–Crippen LogP) is 5.25. The van der Waals surface area contributed by atoms with Gasteiger partial charge in [-0.2, -0.15) is 0 Å². The average Bonchev–Trinajstić information content (AvgIpc) is 2.70. The highest BCUT2D eigenvalue weighted by Gasteiger charge is 2.14. The first-order valence-electron chi connectivity index (χ1n) is 6.65. The summed E-state index contributed by atoms with van der Waals surface area (Å²) in [6, 6.07) is 5.96. The predicted molar refractivity (Wildman–Crippen MR) is 85.8 cm³/mol. The molecule has 3 nitrogen and oxygen atoms in total. The Labute approximate surface area is 129 Å². The standard InChI is InChI=1S/C15H19Cl2N3/c1-9(2)20-8-10(3)18-15(20)19-11(4)13-6-5-12(16)7-14(13)17/h5-9,11H,1-4H3,(H,18,19). The molecule has 0 bridgehead atoms. The van der Waals surface area contributed by atoms with Gasteiger partial charge in [-0.3, -0.25) is 0 Å². The van der Waals surface area contributed by atoms with E-state index in [0.29, 0.717) is 16.1 Å². The maximum absolute atomic E-state index is 6.25. The largest absolute Gasteiger partial charge is 0.349 e. The lowest BCUT2D eigenvalue weighted by Gasteiger charge is -2.19. The van der Waals surface area contributed by atoms with E-state index < -0.39 is 0 Å². The van der Waals surface area contributed by atoms with Crippen molar-refractivity contribution >= 4 is 29.2 Å². The first-order valence-corrected chi connectivity index (χ1v) is 7.41. The van der Waals surface area contributed by atoms with Gasteiger partial charge < -0.3 is 9.88 Å². The minimum Gasteiger partial charge on any atom is -0.349 e. The van der Waals surface area contributed by atoms with E-state index >= 15 is 0 Å². The van der Waals surface area contributed by atoms with Gasteiger partial charge in [0.05, 0.1) is 11.7 Å². The van der Waals surface area contributed by atoms with Crippen LogP contribution in [0.4, 0.5) is 5.95 Å². The summed E-state index contributed by atoms with van der Waals surface area (Å²) in [6.45, 7) is 8.31. The van der Waals surface area contributed by atoms with Crippen LogP contribution in [0.1, 0.15) is 44.1 Å². The lowest BCUT2D eigenvalue weighted by molar-refractivity contribution is 0.600. The van der Waals surface area contributed by atoms with Gasteiger partial charge in [-0.05, 0) is 45.4 Å². The molecule has 1 unspecified atom stereocenters. The molecule has 1 heterocycles. The smallest absolute Gasteiger partial charge is 0.203 e. The van der Waals surface area contributed by atoms with Gasteiger partial charge in [-0.25, -0.2) is 4.98 Å². The molecule has 0 amide bonds. The third-order valence-corrected chi connectivity index (χ3v) is 3.75. The minimum absolute atomic E-state index is 0.0547. The number of nitrogens with zero attached hydrogens (tertiary/aromatic N) is 2. The first-order chi connectivity index (χ1) is 9.38. The topological polar surface area (TPSA) is 29.9 Å². The fourth-order valence-electron chi connectivity index (χ4n) is 2.14. The number of halogens is 2. The van der Waals surface area contributed by atoms with Crippen molar-refractivity contribution in [3.63, 3.8) is 0 Å². The van der Waals surface area contributed by atoms with Crippen LogP contribution in [0.3, 0.4) is 0 Å². The highest BCUT2D eigenvalue weighted by molar-refractivity contribution is 6.35. The molecule has 0 aliphatic rings. The second-order valence-corrected chi connectivity index (χ2v) is 6.08. The van der Waals surface area contributed by atoms with Crippen LogP contribution in [-0.4, -0.2) is 9.55 Å². The van der Waals surface area contributed by atoms with E-state index in [9.17, 15) is 0 Å². The Kier molecular flexibility index (Phi) is 4.61. The summed E-state index contributed by atoms with van der Waals surface area (Å²) in [6.07, 6.45) is 2.04. The molecular formula is C15H19Cl2N3. The molecule has 0 aliphatic carbocycles. The number of imidazole rings is 1. The molecule has 2 aromatic rings. The molecule has 1 N–H and O–H groups in total. The van der Waals surface area contributed by atoms with Crippen molar-refractivity contribution in [2.75, 3.05) is 5.32 Å². The van der Waals surface area contributed by atoms with E-state index in [0.717, 1.165) is 17.2 Å². The first kappa shape index (κ1) is 15.2. The zero-order valence-electron chi connectivity index (χ0n) is 12.1. The zero-order valence-corrected chi connectivity index (χ0v) is 13.6. The van der Waals surface area contributed by atoms with Crippen LogP contribution in [0.25, 0.3) is 0 Å². The number of benzene rings is 1. The Hall–Kier alpha value is -1.19. The normalized spacial score (nSPS) is 12.8. The van der Waals surface area contributed by atoms with Crippen LogP contribution >= 0.6 is 23.2 Å². The summed E-state index contributed by atoms with van der Waals surface area (Å²) in [4.78, 5) is 4.53. The second kappa shape index (κ2) is 6.06. The second-order valence-electron chi connectivity index (χ2n) is 5.24. The molecule has 0 spiro atoms. The molecule has 1 atom stereocenters. The van der Waals surface area contributed by atoms with E-state index in [-0.39, 0.29) is 6.04 Å². The number of nitrogens with one attached hydrogen (secondary N) is 1. The molecule has 5 heteroatoms. The fourth-order valence-corrected chi connectivity index (χ4v) is 2.71. The maximum Gasteiger partial charge on any atom is 0.203 e. The van der Waals surface area contributed by atoms with E-state index in [1.54, 1.807) is 6.07 Å². The van der Waals surface area contributed by atoms with Crippen LogP contribution in [0.5, 0.6) is 0 Å². The quantitative estimate of drug-likeness (QED) is 0.835. The van der Waals surface area contributed by atoms with Crippen molar-refractivity contribution in [3.8, 4) is 0 Å². The third kappa shape index (κ3) is 3.28. The Bertz CT molecular complexity index is 605. The average molecular weight is 312 g/mol. The summed E-state index contributed by atoms with van der Waals surface area (Å²) in [5.41, 5.74) is 2.00. The maximum atomic E-state index is 6.25. The molecule has 0 fully saturated rings. The molecule has 0 saturated carbocycles. The minimum atomic E-state index is 0.0547. The molecule has 2 rings (SSSR count). The summed E-state index contributed by atoms with van der Waals surface area (Å²) in [5, 5.41) is 4.72. The Balaban J connectivity index is 2.25. The number of aryl methyl sites for hydroxylation is 1. The number of hydrogen-bond acceptors (Lipinski definition) is 2. The van der Waals surface area contributed by atoms with Crippen molar-refractivity contribution in [1.29, 1.82) is 0 Å². The monoisotopic (exact) mass is 311 g/mol. The Morgan fingerprint density at radius 2 is 1.90 bits per heavy atom. The fraction of sp³-hybridized carbons (Fsp3) is 0.400. The number of anilines is 1. The van der Waals surface area contributed by atoms with E-state index in [1.165, 1.54) is 0 Å². The van der Waals surface area contributed by atoms with Gasteiger partial charge >= 0.3 is 0 Å². The number of rotatable bonds is 4. The van der Waals surface area contributed by atoms with Crippen LogP contribution in [0.15, 0.2) is 24.4 Å². The summed E-state index contributed by atoms with van der Waals surface area (Å²) in [5.74, 6) is 0.857. The van der Waals surface area contributed by atoms with Crippen molar-refractivity contribution < 1.29 is 0 Å². The molecule has 20 heavy (non-hydrogen) atoms. The SMILES string of the molecule is Cc1cn(C(C)C)c(NC(C)c2ccc(Cl)cc2Cl)n1. The molecule has 1 aromatic carbocycles. The molecule has 0 saturated heterocycles. The summed E-state index contributed by atoms with van der Waals surface area (Å²) < 4.78 is 2.12. The third-order valence-electron chi connectivity index (χ3n) is 3.18. The van der Waals surface area contributed by atoms with Crippen molar-refractivity contribution in [2.24, 2.45) is 0 Å². The van der Waals surface area contributed by atoms with Crippen LogP contribution in [0, 0.1) is 6.92 Å². The molecule has 108 valence electrons. The highest BCUT2D eigenvalue weighted by atomic mass is 35.5. The van der Waals surface area contributed by atoms with Crippen molar-refractivity contribution in [3.05, 3.63) is 45.7 Å². The van der Waals surface area contributed by atoms with Gasteiger partial charge in [0.1, 0.15) is 0 Å². The van der Waals surface area contributed by atoms with E-state index in [2.05, 4.69) is 35.6 Å². The van der Waals surface area contributed by atoms with Crippen LogP contribution in [-0.2, 0) is 0 Å². The lowest BCUT2D eigenvalue weighted by atomic mass is 10.1. The van der Waals surface area contributed by atoms with Gasteiger partial charge in [-0.1, -0.05) is 29.3 Å². The molecular weight excluding hydrogens is 293 g/mol. The number of aromatic nitrogens is 2. The highest BCUT2D eigenvalue weighted by Crippen LogP contribution is 2.28. The molecule has 0 aliphatic heterocycles.